The highest BCUT2D eigenvalue weighted by Crippen LogP contribution is 2.65. The van der Waals surface area contributed by atoms with Gasteiger partial charge in [-0.2, -0.15) is 0 Å². The molecule has 1 amide bonds. The molecule has 2 aliphatic heterocycles. The second-order valence-corrected chi connectivity index (χ2v) is 13.2. The summed E-state index contributed by atoms with van der Waals surface area (Å²) in [5.74, 6) is 1.77. The van der Waals surface area contributed by atoms with Gasteiger partial charge in [-0.25, -0.2) is 4.98 Å². The number of benzene rings is 2. The van der Waals surface area contributed by atoms with Gasteiger partial charge in [0.25, 0.3) is 0 Å². The number of nitrogens with zero attached hydrogens (tertiary/aromatic N) is 1. The van der Waals surface area contributed by atoms with E-state index < -0.39 is 7.12 Å². The number of hydrogen-bond acceptors (Lipinski definition) is 6. The summed E-state index contributed by atoms with van der Waals surface area (Å²) in [6, 6.07) is 19.9. The van der Waals surface area contributed by atoms with Crippen molar-refractivity contribution >= 4 is 36.3 Å². The SMILES string of the molecule is CCC(NC(=O)C1CC(Oc2cc(-c3ccccc3)nc3ccccc23)CN1)B1OC2CC3CC(C3(C)C)C2(C)O1.Cl. The first-order chi connectivity index (χ1) is 19.8. The van der Waals surface area contributed by atoms with Crippen molar-refractivity contribution in [2.24, 2.45) is 17.3 Å². The molecule has 2 aromatic carbocycles. The van der Waals surface area contributed by atoms with Gasteiger partial charge >= 0.3 is 7.12 Å². The van der Waals surface area contributed by atoms with Crippen LogP contribution in [0.15, 0.2) is 60.7 Å². The monoisotopic (exact) mass is 589 g/mol. The van der Waals surface area contributed by atoms with Crippen molar-refractivity contribution in [1.82, 2.24) is 15.6 Å². The molecule has 0 spiro atoms. The zero-order valence-corrected chi connectivity index (χ0v) is 25.7. The second-order valence-electron chi connectivity index (χ2n) is 13.2. The van der Waals surface area contributed by atoms with Crippen LogP contribution in [-0.4, -0.2) is 54.3 Å². The molecular formula is C33H41BClN3O4. The number of aromatic nitrogens is 1. The van der Waals surface area contributed by atoms with E-state index in [0.29, 0.717) is 30.2 Å². The summed E-state index contributed by atoms with van der Waals surface area (Å²) in [5, 5.41) is 7.61. The number of para-hydroxylation sites is 1. The molecule has 2 N–H and O–H groups in total. The minimum Gasteiger partial charge on any atom is -0.488 e. The van der Waals surface area contributed by atoms with Gasteiger partial charge in [-0.1, -0.05) is 63.2 Å². The summed E-state index contributed by atoms with van der Waals surface area (Å²) in [5.41, 5.74) is 2.82. The Hall–Kier alpha value is -2.65. The Morgan fingerprint density at radius 3 is 2.64 bits per heavy atom. The fourth-order valence-corrected chi connectivity index (χ4v) is 7.89. The van der Waals surface area contributed by atoms with Crippen LogP contribution in [0.3, 0.4) is 0 Å². The van der Waals surface area contributed by atoms with Crippen LogP contribution >= 0.6 is 12.4 Å². The molecule has 3 heterocycles. The van der Waals surface area contributed by atoms with Crippen molar-refractivity contribution in [3.05, 3.63) is 60.7 Å². The minimum atomic E-state index is -0.415. The Labute approximate surface area is 255 Å². The molecule has 3 aromatic rings. The number of carbonyl (C=O) groups excluding carboxylic acids is 1. The second kappa shape index (κ2) is 11.1. The predicted molar refractivity (Wildman–Crippen MR) is 168 cm³/mol. The lowest BCUT2D eigenvalue weighted by molar-refractivity contribution is -0.199. The molecule has 5 aliphatic rings. The standard InChI is InChI=1S/C33H40BN3O4.ClH/c1-5-30(34-40-29-16-21-15-28(32(21,2)3)33(29,4)41-34)37-31(38)26-17-22(19-35-26)39-27-18-25(20-11-7-6-8-12-20)36-24-14-10-9-13-23(24)27;/h6-14,18,21-22,26,28-30,35H,5,15-17,19H2,1-4H3,(H,37,38);1H. The smallest absolute Gasteiger partial charge is 0.481 e. The number of halogens is 1. The Kier molecular flexibility index (Phi) is 7.80. The fraction of sp³-hybridized carbons (Fsp3) is 0.515. The van der Waals surface area contributed by atoms with Gasteiger partial charge < -0.3 is 24.7 Å². The van der Waals surface area contributed by atoms with E-state index in [9.17, 15) is 4.79 Å². The van der Waals surface area contributed by atoms with Crippen LogP contribution in [-0.2, 0) is 14.1 Å². The van der Waals surface area contributed by atoms with Crippen LogP contribution in [0.25, 0.3) is 22.2 Å². The van der Waals surface area contributed by atoms with Gasteiger partial charge in [0.15, 0.2) is 0 Å². The molecule has 2 bridgehead atoms. The van der Waals surface area contributed by atoms with E-state index in [1.54, 1.807) is 0 Å². The molecule has 3 saturated carbocycles. The fourth-order valence-electron chi connectivity index (χ4n) is 7.89. The molecule has 8 rings (SSSR count). The van der Waals surface area contributed by atoms with E-state index in [0.717, 1.165) is 40.8 Å². The average Bonchev–Trinajstić information content (AvgIpc) is 3.60. The molecule has 222 valence electrons. The van der Waals surface area contributed by atoms with Crippen molar-refractivity contribution < 1.29 is 18.8 Å². The topological polar surface area (TPSA) is 81.7 Å². The zero-order chi connectivity index (χ0) is 28.4. The lowest BCUT2D eigenvalue weighted by Gasteiger charge is -2.64. The van der Waals surface area contributed by atoms with E-state index in [2.05, 4.69) is 50.5 Å². The number of fused-ring (bicyclic) bond motifs is 1. The lowest BCUT2D eigenvalue weighted by atomic mass is 9.43. The summed E-state index contributed by atoms with van der Waals surface area (Å²) in [4.78, 5) is 18.3. The maximum atomic E-state index is 13.4. The van der Waals surface area contributed by atoms with Crippen LogP contribution in [0, 0.1) is 17.3 Å². The third-order valence-electron chi connectivity index (χ3n) is 10.5. The highest BCUT2D eigenvalue weighted by molar-refractivity contribution is 6.47. The van der Waals surface area contributed by atoms with Gasteiger partial charge in [-0.05, 0) is 55.6 Å². The zero-order valence-electron chi connectivity index (χ0n) is 24.8. The third-order valence-corrected chi connectivity index (χ3v) is 10.5. The van der Waals surface area contributed by atoms with E-state index >= 15 is 0 Å². The molecule has 3 aliphatic carbocycles. The maximum absolute atomic E-state index is 13.4. The van der Waals surface area contributed by atoms with E-state index in [1.807, 2.05) is 48.5 Å². The summed E-state index contributed by atoms with van der Waals surface area (Å²) in [6.07, 6.45) is 3.56. The van der Waals surface area contributed by atoms with Gasteiger partial charge in [-0.3, -0.25) is 4.79 Å². The van der Waals surface area contributed by atoms with Crippen molar-refractivity contribution in [3.63, 3.8) is 0 Å². The molecule has 1 aromatic heterocycles. The van der Waals surface area contributed by atoms with Crippen molar-refractivity contribution in [3.8, 4) is 17.0 Å². The molecule has 7 unspecified atom stereocenters. The van der Waals surface area contributed by atoms with Crippen LogP contribution in [0.4, 0.5) is 0 Å². The molecule has 7 nitrogen and oxygen atoms in total. The first kappa shape index (κ1) is 29.4. The summed E-state index contributed by atoms with van der Waals surface area (Å²) >= 11 is 0. The number of hydrogen-bond donors (Lipinski definition) is 2. The lowest BCUT2D eigenvalue weighted by Crippen LogP contribution is -2.65. The minimum absolute atomic E-state index is 0. The normalized spacial score (nSPS) is 31.5. The van der Waals surface area contributed by atoms with Crippen LogP contribution < -0.4 is 15.4 Å². The van der Waals surface area contributed by atoms with Crippen LogP contribution in [0.1, 0.15) is 53.4 Å². The third kappa shape index (κ3) is 4.90. The number of carbonyl (C=O) groups is 1. The Balaban J connectivity index is 0.00000316. The van der Waals surface area contributed by atoms with Gasteiger partial charge in [0.2, 0.25) is 5.91 Å². The number of amides is 1. The van der Waals surface area contributed by atoms with E-state index in [1.165, 1.54) is 6.42 Å². The summed E-state index contributed by atoms with van der Waals surface area (Å²) in [7, 11) is -0.415. The highest BCUT2D eigenvalue weighted by atomic mass is 35.5. The van der Waals surface area contributed by atoms with Gasteiger partial charge in [-0.15, -0.1) is 12.4 Å². The first-order valence-corrected chi connectivity index (χ1v) is 15.2. The molecular weight excluding hydrogens is 549 g/mol. The van der Waals surface area contributed by atoms with Crippen molar-refractivity contribution in [1.29, 1.82) is 0 Å². The maximum Gasteiger partial charge on any atom is 0.481 e. The molecule has 5 fully saturated rings. The van der Waals surface area contributed by atoms with Crippen LogP contribution in [0.2, 0.25) is 0 Å². The Morgan fingerprint density at radius 1 is 1.12 bits per heavy atom. The number of pyridine rings is 1. The Bertz CT molecular complexity index is 1460. The van der Waals surface area contributed by atoms with Gasteiger partial charge in [0.1, 0.15) is 11.9 Å². The number of ether oxygens (including phenoxy) is 1. The predicted octanol–water partition coefficient (Wildman–Crippen LogP) is 5.60. The van der Waals surface area contributed by atoms with Gasteiger partial charge in [0.05, 0.1) is 34.9 Å². The average molecular weight is 590 g/mol. The Morgan fingerprint density at radius 2 is 1.88 bits per heavy atom. The van der Waals surface area contributed by atoms with Crippen molar-refractivity contribution in [2.45, 2.75) is 83.2 Å². The molecule has 0 radical (unpaired) electrons. The number of rotatable bonds is 7. The first-order valence-electron chi connectivity index (χ1n) is 15.2. The highest BCUT2D eigenvalue weighted by Gasteiger charge is 2.68. The van der Waals surface area contributed by atoms with E-state index in [4.69, 9.17) is 19.0 Å². The largest absolute Gasteiger partial charge is 0.488 e. The summed E-state index contributed by atoms with van der Waals surface area (Å²) in [6.45, 7) is 9.63. The molecule has 2 saturated heterocycles. The van der Waals surface area contributed by atoms with Gasteiger partial charge in [0, 0.05) is 30.0 Å². The quantitative estimate of drug-likeness (QED) is 0.350. The van der Waals surface area contributed by atoms with Crippen LogP contribution in [0.5, 0.6) is 5.75 Å². The molecule has 7 atom stereocenters. The molecule has 9 heteroatoms. The van der Waals surface area contributed by atoms with Crippen molar-refractivity contribution in [2.75, 3.05) is 6.54 Å². The number of nitrogens with one attached hydrogen (secondary N) is 2. The van der Waals surface area contributed by atoms with E-state index in [-0.39, 0.29) is 48.1 Å². The summed E-state index contributed by atoms with van der Waals surface area (Å²) < 4.78 is 19.7. The molecule has 42 heavy (non-hydrogen) atoms.